The molecule has 5 heterocycles. The molecule has 18 atom stereocenters. The van der Waals surface area contributed by atoms with Gasteiger partial charge in [0.2, 0.25) is 0 Å². The number of rotatable bonds is 7. The molecule has 0 radical (unpaired) electrons. The van der Waals surface area contributed by atoms with Crippen LogP contribution in [0.25, 0.3) is 0 Å². The molecule has 4 fully saturated rings. The number of carbonyl (C=O) groups is 1. The third-order valence-corrected chi connectivity index (χ3v) is 13.9. The molecule has 0 saturated carbocycles. The minimum Gasteiger partial charge on any atom is -0.462 e. The number of allylic oxidation sites excluding steroid dienone is 2. The summed E-state index contributed by atoms with van der Waals surface area (Å²) in [6.45, 7) is 15.7. The normalized spacial score (nSPS) is 46.0. The van der Waals surface area contributed by atoms with Crippen LogP contribution >= 0.6 is 0 Å². The summed E-state index contributed by atoms with van der Waals surface area (Å²) in [6, 6.07) is 0. The lowest BCUT2D eigenvalue weighted by Crippen LogP contribution is -2.59. The van der Waals surface area contributed by atoms with Crippen LogP contribution in [0.2, 0.25) is 0 Å². The van der Waals surface area contributed by atoms with Crippen LogP contribution in [-0.2, 0) is 47.4 Å². The highest BCUT2D eigenvalue weighted by atomic mass is 16.7. The van der Waals surface area contributed by atoms with Crippen LogP contribution in [0.5, 0.6) is 0 Å². The number of hydrogen-bond donors (Lipinski definition) is 4. The van der Waals surface area contributed by atoms with Crippen molar-refractivity contribution < 1.29 is 67.9 Å². The first-order valence-electron chi connectivity index (χ1n) is 22.0. The van der Waals surface area contributed by atoms with Gasteiger partial charge in [0.05, 0.1) is 55.4 Å². The zero-order chi connectivity index (χ0) is 43.7. The minimum atomic E-state index is -1.71. The van der Waals surface area contributed by atoms with Crippen LogP contribution in [0.15, 0.2) is 47.1 Å². The van der Waals surface area contributed by atoms with Gasteiger partial charge in [-0.15, -0.1) is 0 Å². The summed E-state index contributed by atoms with van der Waals surface area (Å²) in [5, 5.41) is 45.0. The van der Waals surface area contributed by atoms with Crippen molar-refractivity contribution in [2.24, 2.45) is 23.7 Å². The van der Waals surface area contributed by atoms with Gasteiger partial charge >= 0.3 is 5.97 Å². The molecule has 1 aliphatic carbocycles. The summed E-state index contributed by atoms with van der Waals surface area (Å²) in [6.07, 6.45) is 4.24. The number of fused-ring (bicyclic) bond motifs is 3. The van der Waals surface area contributed by atoms with E-state index in [4.69, 9.17) is 42.6 Å². The molecular formula is C46H72O14. The molecule has 14 nitrogen and oxygen atoms in total. The first-order chi connectivity index (χ1) is 28.4. The van der Waals surface area contributed by atoms with Gasteiger partial charge in [0.25, 0.3) is 0 Å². The van der Waals surface area contributed by atoms with Gasteiger partial charge in [-0.25, -0.2) is 0 Å². The molecule has 18 unspecified atom stereocenters. The van der Waals surface area contributed by atoms with Crippen LogP contribution in [-0.4, -0.2) is 138 Å². The maximum absolute atomic E-state index is 14.2. The van der Waals surface area contributed by atoms with E-state index in [2.05, 4.69) is 19.9 Å². The molecule has 0 aromatic carbocycles. The van der Waals surface area contributed by atoms with E-state index in [1.807, 2.05) is 32.9 Å². The standard InChI is InChI=1S/C46H72O14/c1-24(2)42-29(7)35(48)21-45(60-42)20-32-17-31(59-45)15-14-26(4)43(25(3)12-11-13-28(6)46(51)22-34(47)27(5)16-33(46)44(50)56-32)58-39-18-36(52-9)38(23-54-39)57-40-19-37(53-10)41(49)30(8)55-40/h11-14,16,24-25,29-43,47-49,51H,15,17-23H2,1-10H3. The van der Waals surface area contributed by atoms with E-state index in [-0.39, 0.29) is 55.8 Å². The summed E-state index contributed by atoms with van der Waals surface area (Å²) in [7, 11) is 3.20. The average Bonchev–Trinajstić information content (AvgIpc) is 3.19. The van der Waals surface area contributed by atoms with Crippen molar-refractivity contribution >= 4 is 5.97 Å². The van der Waals surface area contributed by atoms with Crippen molar-refractivity contribution in [1.29, 1.82) is 0 Å². The van der Waals surface area contributed by atoms with Crippen molar-refractivity contribution in [2.75, 3.05) is 20.8 Å². The molecule has 0 amide bonds. The van der Waals surface area contributed by atoms with Crippen LogP contribution in [0.3, 0.4) is 0 Å². The maximum Gasteiger partial charge on any atom is 0.316 e. The Balaban J connectivity index is 1.28. The molecule has 14 heteroatoms. The van der Waals surface area contributed by atoms with Gasteiger partial charge in [-0.05, 0) is 56.8 Å². The van der Waals surface area contributed by atoms with Gasteiger partial charge in [0.1, 0.15) is 29.8 Å². The molecule has 4 saturated heterocycles. The van der Waals surface area contributed by atoms with E-state index >= 15 is 0 Å². The number of ether oxygens (including phenoxy) is 9. The zero-order valence-electron chi connectivity index (χ0n) is 37.2. The monoisotopic (exact) mass is 848 g/mol. The highest BCUT2D eigenvalue weighted by Crippen LogP contribution is 2.46. The topological polar surface area (TPSA) is 181 Å². The number of aliphatic hydroxyl groups is 4. The lowest BCUT2D eigenvalue weighted by molar-refractivity contribution is -0.353. The van der Waals surface area contributed by atoms with Crippen LogP contribution in [0.4, 0.5) is 0 Å². The van der Waals surface area contributed by atoms with Gasteiger partial charge in [-0.3, -0.25) is 4.79 Å². The Bertz CT molecular complexity index is 1590. The fourth-order valence-corrected chi connectivity index (χ4v) is 10.0. The van der Waals surface area contributed by atoms with Crippen LogP contribution in [0, 0.1) is 23.7 Å². The highest BCUT2D eigenvalue weighted by molar-refractivity contribution is 5.78. The second-order valence-electron chi connectivity index (χ2n) is 18.7. The Hall–Kier alpha value is -2.05. The Morgan fingerprint density at radius 3 is 2.27 bits per heavy atom. The lowest BCUT2D eigenvalue weighted by atomic mass is 9.71. The Labute approximate surface area is 356 Å². The Kier molecular flexibility index (Phi) is 15.6. The average molecular weight is 849 g/mol. The SMILES string of the molecule is COC1CC(OC2C(C)=CCC3CC(CC4(CC(O)C(C)C(C(C)C)O4)O3)OC(=O)C3C=C(C)C(O)CC3(O)C(C)=CC=CC2C)OCC1OC1CC(OC)C(O)C(C)O1. The molecular weight excluding hydrogens is 776 g/mol. The summed E-state index contributed by atoms with van der Waals surface area (Å²) < 4.78 is 56.7. The fourth-order valence-electron chi connectivity index (χ4n) is 10.0. The third kappa shape index (κ3) is 10.5. The van der Waals surface area contributed by atoms with E-state index in [1.165, 1.54) is 0 Å². The molecule has 0 aromatic heterocycles. The quantitative estimate of drug-likeness (QED) is 0.203. The summed E-state index contributed by atoms with van der Waals surface area (Å²) >= 11 is 0. The van der Waals surface area contributed by atoms with Gasteiger partial charge < -0.3 is 63.1 Å². The summed E-state index contributed by atoms with van der Waals surface area (Å²) in [5.41, 5.74) is 0.333. The molecule has 5 aliphatic heterocycles. The molecule has 2 bridgehead atoms. The van der Waals surface area contributed by atoms with Crippen molar-refractivity contribution in [3.8, 4) is 0 Å². The van der Waals surface area contributed by atoms with E-state index < -0.39 is 90.8 Å². The number of esters is 1. The second-order valence-corrected chi connectivity index (χ2v) is 18.7. The molecule has 60 heavy (non-hydrogen) atoms. The summed E-state index contributed by atoms with van der Waals surface area (Å²) in [5.74, 6) is -3.03. The highest BCUT2D eigenvalue weighted by Gasteiger charge is 2.54. The van der Waals surface area contributed by atoms with Crippen LogP contribution in [0.1, 0.15) is 100 Å². The van der Waals surface area contributed by atoms with E-state index in [1.54, 1.807) is 47.1 Å². The first kappa shape index (κ1) is 47.4. The van der Waals surface area contributed by atoms with Crippen molar-refractivity contribution in [3.63, 3.8) is 0 Å². The predicted octanol–water partition coefficient (Wildman–Crippen LogP) is 4.80. The molecule has 6 rings (SSSR count). The predicted molar refractivity (Wildman–Crippen MR) is 220 cm³/mol. The molecule has 340 valence electrons. The van der Waals surface area contributed by atoms with E-state index in [0.717, 1.165) is 5.57 Å². The fraction of sp³-hybridized carbons (Fsp3) is 0.804. The van der Waals surface area contributed by atoms with Gasteiger partial charge in [0.15, 0.2) is 18.4 Å². The molecule has 6 aliphatic rings. The largest absolute Gasteiger partial charge is 0.462 e. The van der Waals surface area contributed by atoms with Crippen molar-refractivity contribution in [3.05, 3.63) is 47.1 Å². The Morgan fingerprint density at radius 2 is 1.57 bits per heavy atom. The van der Waals surface area contributed by atoms with E-state index in [9.17, 15) is 25.2 Å². The number of carbonyl (C=O) groups excluding carboxylic acids is 1. The number of methoxy groups -OCH3 is 2. The van der Waals surface area contributed by atoms with Gasteiger partial charge in [0, 0.05) is 64.6 Å². The first-order valence-corrected chi connectivity index (χ1v) is 22.0. The smallest absolute Gasteiger partial charge is 0.316 e. The number of hydrogen-bond acceptors (Lipinski definition) is 14. The van der Waals surface area contributed by atoms with Gasteiger partial charge in [-0.1, -0.05) is 58.1 Å². The number of aliphatic hydroxyl groups excluding tert-OH is 3. The second kappa shape index (κ2) is 19.8. The molecule has 1 spiro atoms. The minimum absolute atomic E-state index is 0.0663. The zero-order valence-corrected chi connectivity index (χ0v) is 37.2. The maximum atomic E-state index is 14.2. The van der Waals surface area contributed by atoms with E-state index in [0.29, 0.717) is 36.8 Å². The van der Waals surface area contributed by atoms with Crippen molar-refractivity contribution in [2.45, 2.75) is 191 Å². The molecule has 4 N–H and O–H groups in total. The van der Waals surface area contributed by atoms with Crippen LogP contribution < -0.4 is 0 Å². The van der Waals surface area contributed by atoms with Gasteiger partial charge in [-0.2, -0.15) is 0 Å². The summed E-state index contributed by atoms with van der Waals surface area (Å²) in [4.78, 5) is 14.2. The lowest BCUT2D eigenvalue weighted by Gasteiger charge is -2.52. The molecule has 0 aromatic rings. The Morgan fingerprint density at radius 1 is 0.850 bits per heavy atom. The third-order valence-electron chi connectivity index (χ3n) is 13.9. The van der Waals surface area contributed by atoms with Crippen molar-refractivity contribution in [1.82, 2.24) is 0 Å².